The van der Waals surface area contributed by atoms with Crippen LogP contribution in [0.25, 0.3) is 0 Å². The third-order valence-corrected chi connectivity index (χ3v) is 7.35. The lowest BCUT2D eigenvalue weighted by atomic mass is 9.76. The summed E-state index contributed by atoms with van der Waals surface area (Å²) in [6, 6.07) is 0. The van der Waals surface area contributed by atoms with E-state index in [4.69, 9.17) is 0 Å². The van der Waals surface area contributed by atoms with Crippen LogP contribution in [-0.2, 0) is 10.0 Å². The number of rotatable bonds is 2. The van der Waals surface area contributed by atoms with Crippen LogP contribution in [0.5, 0.6) is 0 Å². The van der Waals surface area contributed by atoms with Gasteiger partial charge in [-0.3, -0.25) is 0 Å². The van der Waals surface area contributed by atoms with Crippen molar-refractivity contribution in [3.05, 3.63) is 0 Å². The molecule has 0 aromatic heterocycles. The van der Waals surface area contributed by atoms with Gasteiger partial charge in [0.2, 0.25) is 10.0 Å². The lowest BCUT2D eigenvalue weighted by molar-refractivity contribution is 0.136. The standard InChI is InChI=1S/C13H24N2O2S/c16-18(17,13-5-7-14-9-13)15-8-6-11-3-1-2-4-12(11)10-15/h11-14H,1-10H2. The summed E-state index contributed by atoms with van der Waals surface area (Å²) in [7, 11) is -3.04. The second-order valence-corrected chi connectivity index (χ2v) is 8.32. The summed E-state index contributed by atoms with van der Waals surface area (Å²) in [6.45, 7) is 3.06. The maximum atomic E-state index is 12.5. The van der Waals surface area contributed by atoms with Gasteiger partial charge in [0.25, 0.3) is 0 Å². The van der Waals surface area contributed by atoms with Gasteiger partial charge in [0.05, 0.1) is 5.25 Å². The molecule has 3 atom stereocenters. The van der Waals surface area contributed by atoms with Crippen molar-refractivity contribution >= 4 is 10.0 Å². The first-order chi connectivity index (χ1) is 8.68. The van der Waals surface area contributed by atoms with Crippen LogP contribution in [0.2, 0.25) is 0 Å². The SMILES string of the molecule is O=S(=O)(C1CCNC1)N1CCC2CCCCC2C1. The van der Waals surface area contributed by atoms with Crippen molar-refractivity contribution in [2.24, 2.45) is 11.8 Å². The Morgan fingerprint density at radius 1 is 1.00 bits per heavy atom. The average Bonchev–Trinajstić information content (AvgIpc) is 2.92. The maximum Gasteiger partial charge on any atom is 0.218 e. The van der Waals surface area contributed by atoms with Gasteiger partial charge in [-0.25, -0.2) is 12.7 Å². The second kappa shape index (κ2) is 5.10. The largest absolute Gasteiger partial charge is 0.315 e. The Kier molecular flexibility index (Phi) is 3.65. The Balaban J connectivity index is 1.69. The van der Waals surface area contributed by atoms with E-state index in [1.165, 1.54) is 25.7 Å². The monoisotopic (exact) mass is 272 g/mol. The molecule has 104 valence electrons. The van der Waals surface area contributed by atoms with Gasteiger partial charge in [0.1, 0.15) is 0 Å². The van der Waals surface area contributed by atoms with E-state index in [1.54, 1.807) is 4.31 Å². The molecule has 4 nitrogen and oxygen atoms in total. The summed E-state index contributed by atoms with van der Waals surface area (Å²) in [5.41, 5.74) is 0. The van der Waals surface area contributed by atoms with Gasteiger partial charge in [-0.15, -0.1) is 0 Å². The highest BCUT2D eigenvalue weighted by Crippen LogP contribution is 2.37. The van der Waals surface area contributed by atoms with Crippen molar-refractivity contribution in [2.45, 2.75) is 43.8 Å². The molecule has 0 aromatic carbocycles. The molecular weight excluding hydrogens is 248 g/mol. The lowest BCUT2D eigenvalue weighted by Crippen LogP contribution is -2.48. The normalized spacial score (nSPS) is 38.6. The number of hydrogen-bond donors (Lipinski definition) is 1. The first kappa shape index (κ1) is 12.9. The Labute approximate surface area is 110 Å². The number of sulfonamides is 1. The molecule has 2 saturated heterocycles. The number of piperidine rings is 1. The maximum absolute atomic E-state index is 12.5. The molecule has 3 aliphatic rings. The summed E-state index contributed by atoms with van der Waals surface area (Å²) < 4.78 is 26.9. The van der Waals surface area contributed by atoms with Crippen molar-refractivity contribution in [1.29, 1.82) is 0 Å². The molecule has 2 aliphatic heterocycles. The van der Waals surface area contributed by atoms with Crippen LogP contribution in [0.15, 0.2) is 0 Å². The predicted molar refractivity (Wildman–Crippen MR) is 71.8 cm³/mol. The van der Waals surface area contributed by atoms with Crippen LogP contribution in [0.1, 0.15) is 38.5 Å². The third kappa shape index (κ3) is 2.32. The molecule has 0 amide bonds. The van der Waals surface area contributed by atoms with E-state index in [1.807, 2.05) is 0 Å². The van der Waals surface area contributed by atoms with Crippen molar-refractivity contribution in [3.63, 3.8) is 0 Å². The molecule has 0 radical (unpaired) electrons. The molecule has 2 heterocycles. The lowest BCUT2D eigenvalue weighted by Gasteiger charge is -2.41. The highest BCUT2D eigenvalue weighted by atomic mass is 32.2. The topological polar surface area (TPSA) is 49.4 Å². The minimum atomic E-state index is -3.04. The van der Waals surface area contributed by atoms with E-state index in [2.05, 4.69) is 5.32 Å². The minimum Gasteiger partial charge on any atom is -0.315 e. The molecule has 3 unspecified atom stereocenters. The van der Waals surface area contributed by atoms with Crippen molar-refractivity contribution in [2.75, 3.05) is 26.2 Å². The van der Waals surface area contributed by atoms with Gasteiger partial charge in [-0.05, 0) is 37.6 Å². The van der Waals surface area contributed by atoms with Crippen LogP contribution < -0.4 is 5.32 Å². The van der Waals surface area contributed by atoms with E-state index < -0.39 is 10.0 Å². The van der Waals surface area contributed by atoms with Crippen LogP contribution >= 0.6 is 0 Å². The number of nitrogens with one attached hydrogen (secondary N) is 1. The smallest absolute Gasteiger partial charge is 0.218 e. The van der Waals surface area contributed by atoms with Crippen molar-refractivity contribution < 1.29 is 8.42 Å². The van der Waals surface area contributed by atoms with Gasteiger partial charge >= 0.3 is 0 Å². The number of fused-ring (bicyclic) bond motifs is 1. The summed E-state index contributed by atoms with van der Waals surface area (Å²) in [6.07, 6.45) is 7.07. The van der Waals surface area contributed by atoms with Gasteiger partial charge in [-0.1, -0.05) is 19.3 Å². The molecule has 1 aliphatic carbocycles. The van der Waals surface area contributed by atoms with Gasteiger partial charge in [-0.2, -0.15) is 0 Å². The van der Waals surface area contributed by atoms with Crippen LogP contribution in [0.4, 0.5) is 0 Å². The fourth-order valence-electron chi connectivity index (χ4n) is 3.89. The van der Waals surface area contributed by atoms with Gasteiger partial charge in [0, 0.05) is 19.6 Å². The highest BCUT2D eigenvalue weighted by molar-refractivity contribution is 7.89. The Morgan fingerprint density at radius 2 is 1.78 bits per heavy atom. The van der Waals surface area contributed by atoms with E-state index >= 15 is 0 Å². The van der Waals surface area contributed by atoms with E-state index in [9.17, 15) is 8.42 Å². The fraction of sp³-hybridized carbons (Fsp3) is 1.00. The molecule has 5 heteroatoms. The zero-order chi connectivity index (χ0) is 12.6. The molecule has 0 aromatic rings. The first-order valence-corrected chi connectivity index (χ1v) is 8.88. The van der Waals surface area contributed by atoms with Crippen LogP contribution in [-0.4, -0.2) is 44.2 Å². The van der Waals surface area contributed by atoms with E-state index in [-0.39, 0.29) is 5.25 Å². The highest BCUT2D eigenvalue weighted by Gasteiger charge is 2.39. The molecule has 3 fully saturated rings. The Morgan fingerprint density at radius 3 is 2.50 bits per heavy atom. The quantitative estimate of drug-likeness (QED) is 0.821. The Hall–Kier alpha value is -0.130. The second-order valence-electron chi connectivity index (χ2n) is 6.11. The van der Waals surface area contributed by atoms with Crippen LogP contribution in [0.3, 0.4) is 0 Å². The van der Waals surface area contributed by atoms with E-state index in [0.717, 1.165) is 38.4 Å². The Bertz CT molecular complexity index is 390. The van der Waals surface area contributed by atoms with E-state index in [0.29, 0.717) is 12.5 Å². The molecule has 0 bridgehead atoms. The summed E-state index contributed by atoms with van der Waals surface area (Å²) in [4.78, 5) is 0. The van der Waals surface area contributed by atoms with Gasteiger partial charge < -0.3 is 5.32 Å². The van der Waals surface area contributed by atoms with Crippen molar-refractivity contribution in [1.82, 2.24) is 9.62 Å². The average molecular weight is 272 g/mol. The molecule has 0 spiro atoms. The third-order valence-electron chi connectivity index (χ3n) is 5.05. The summed E-state index contributed by atoms with van der Waals surface area (Å²) >= 11 is 0. The summed E-state index contributed by atoms with van der Waals surface area (Å²) in [5, 5.41) is 3.00. The molecule has 18 heavy (non-hydrogen) atoms. The molecule has 1 saturated carbocycles. The zero-order valence-electron chi connectivity index (χ0n) is 11.0. The zero-order valence-corrected chi connectivity index (χ0v) is 11.8. The van der Waals surface area contributed by atoms with Crippen LogP contribution in [0, 0.1) is 11.8 Å². The van der Waals surface area contributed by atoms with Crippen molar-refractivity contribution in [3.8, 4) is 0 Å². The first-order valence-electron chi connectivity index (χ1n) is 7.37. The molecule has 1 N–H and O–H groups in total. The molecular formula is C13H24N2O2S. The number of hydrogen-bond acceptors (Lipinski definition) is 3. The molecule has 3 rings (SSSR count). The van der Waals surface area contributed by atoms with Gasteiger partial charge in [0.15, 0.2) is 0 Å². The number of nitrogens with zero attached hydrogens (tertiary/aromatic N) is 1. The predicted octanol–water partition coefficient (Wildman–Crippen LogP) is 1.19. The summed E-state index contributed by atoms with van der Waals surface area (Å²) in [5.74, 6) is 1.43. The minimum absolute atomic E-state index is 0.169. The fourth-order valence-corrected chi connectivity index (χ4v) is 5.82.